The quantitative estimate of drug-likeness (QED) is 0.504. The predicted octanol–water partition coefficient (Wildman–Crippen LogP) is 6.44. The average Bonchev–Trinajstić information content (AvgIpc) is 2.83. The van der Waals surface area contributed by atoms with Crippen LogP contribution in [0.2, 0.25) is 0 Å². The maximum absolute atomic E-state index is 9.59. The van der Waals surface area contributed by atoms with E-state index in [0.29, 0.717) is 16.7 Å². The van der Waals surface area contributed by atoms with E-state index in [9.17, 15) is 5.26 Å². The third kappa shape index (κ3) is 2.23. The molecule has 0 aromatic carbocycles. The molecule has 4 aliphatic carbocycles. The number of fused-ring (bicyclic) bond motifs is 5. The first-order chi connectivity index (χ1) is 10.5. The Labute approximate surface area is 144 Å². The van der Waals surface area contributed by atoms with Gasteiger partial charge in [0.1, 0.15) is 0 Å². The molecule has 0 heterocycles. The molecule has 0 aliphatic heterocycles. The van der Waals surface area contributed by atoms with Gasteiger partial charge in [-0.3, -0.25) is 0 Å². The molecule has 8 unspecified atom stereocenters. The van der Waals surface area contributed by atoms with Crippen LogP contribution >= 0.6 is 0 Å². The van der Waals surface area contributed by atoms with Crippen molar-refractivity contribution in [3.63, 3.8) is 0 Å². The molecule has 0 amide bonds. The van der Waals surface area contributed by atoms with Gasteiger partial charge >= 0.3 is 0 Å². The molecule has 1 heteroatoms. The van der Waals surface area contributed by atoms with E-state index in [1.165, 1.54) is 57.8 Å². The van der Waals surface area contributed by atoms with E-state index in [0.717, 1.165) is 29.6 Å². The highest BCUT2D eigenvalue weighted by atomic mass is 14.6. The van der Waals surface area contributed by atoms with Crippen LogP contribution in [-0.2, 0) is 0 Å². The van der Waals surface area contributed by atoms with Crippen molar-refractivity contribution in [3.8, 4) is 6.07 Å². The Balaban J connectivity index is 0.00000156. The fourth-order valence-corrected chi connectivity index (χ4v) is 8.01. The number of nitrogens with zero attached hydrogens (tertiary/aromatic N) is 1. The topological polar surface area (TPSA) is 23.8 Å². The van der Waals surface area contributed by atoms with Crippen LogP contribution < -0.4 is 0 Å². The third-order valence-corrected chi connectivity index (χ3v) is 9.16. The molecule has 23 heavy (non-hydrogen) atoms. The Hall–Kier alpha value is -0.510. The average molecular weight is 316 g/mol. The third-order valence-electron chi connectivity index (χ3n) is 9.16. The van der Waals surface area contributed by atoms with Crippen LogP contribution in [0, 0.1) is 57.7 Å². The van der Waals surface area contributed by atoms with Gasteiger partial charge in [0.05, 0.1) is 12.0 Å². The Bertz CT molecular complexity index is 491. The fraction of sp³-hybridized carbons (Fsp3) is 0.955. The molecule has 130 valence electrons. The molecule has 4 aliphatic rings. The first kappa shape index (κ1) is 17.3. The highest BCUT2D eigenvalue weighted by Crippen LogP contribution is 2.67. The smallest absolute Gasteiger partial charge is 0.0661 e. The largest absolute Gasteiger partial charge is 0.198 e. The summed E-state index contributed by atoms with van der Waals surface area (Å²) in [4.78, 5) is 0. The van der Waals surface area contributed by atoms with E-state index in [1.807, 2.05) is 0 Å². The Morgan fingerprint density at radius 1 is 0.826 bits per heavy atom. The lowest BCUT2D eigenvalue weighted by Crippen LogP contribution is -2.54. The second kappa shape index (κ2) is 5.79. The first-order valence-corrected chi connectivity index (χ1v) is 9.90. The summed E-state index contributed by atoms with van der Waals surface area (Å²) in [6.07, 6.45) is 12.6. The van der Waals surface area contributed by atoms with Gasteiger partial charge in [-0.05, 0) is 85.4 Å². The van der Waals surface area contributed by atoms with Crippen molar-refractivity contribution in [1.82, 2.24) is 0 Å². The van der Waals surface area contributed by atoms with E-state index in [2.05, 4.69) is 26.8 Å². The van der Waals surface area contributed by atoms with Crippen LogP contribution in [0.25, 0.3) is 0 Å². The predicted molar refractivity (Wildman–Crippen MR) is 96.7 cm³/mol. The molecule has 0 N–H and O–H groups in total. The summed E-state index contributed by atoms with van der Waals surface area (Å²) < 4.78 is 0. The Morgan fingerprint density at radius 3 is 2.26 bits per heavy atom. The van der Waals surface area contributed by atoms with E-state index in [1.54, 1.807) is 0 Å². The molecule has 8 atom stereocenters. The summed E-state index contributed by atoms with van der Waals surface area (Å²) in [5.74, 6) is 5.02. The van der Waals surface area contributed by atoms with Crippen molar-refractivity contribution < 1.29 is 0 Å². The SMILES string of the molecule is C.CC1CCCC2(C)C1CCC1C3CCC(C#N)C3(C)CCC12. The molecule has 4 rings (SSSR count). The van der Waals surface area contributed by atoms with E-state index >= 15 is 0 Å². The van der Waals surface area contributed by atoms with Gasteiger partial charge in [-0.15, -0.1) is 0 Å². The molecule has 0 saturated heterocycles. The molecular weight excluding hydrogens is 278 g/mol. The summed E-state index contributed by atoms with van der Waals surface area (Å²) in [5.41, 5.74) is 0.964. The van der Waals surface area contributed by atoms with Crippen molar-refractivity contribution in [1.29, 1.82) is 5.26 Å². The summed E-state index contributed by atoms with van der Waals surface area (Å²) in [6.45, 7) is 7.65. The lowest BCUT2D eigenvalue weighted by atomic mass is 9.43. The molecule has 1 nitrogen and oxygen atoms in total. The van der Waals surface area contributed by atoms with Crippen molar-refractivity contribution in [3.05, 3.63) is 0 Å². The van der Waals surface area contributed by atoms with Crippen LogP contribution in [0.3, 0.4) is 0 Å². The van der Waals surface area contributed by atoms with Crippen molar-refractivity contribution in [2.45, 2.75) is 86.0 Å². The van der Waals surface area contributed by atoms with Gasteiger partial charge in [0.2, 0.25) is 0 Å². The molecule has 4 saturated carbocycles. The minimum atomic E-state index is 0. The molecule has 0 aromatic heterocycles. The van der Waals surface area contributed by atoms with E-state index < -0.39 is 0 Å². The van der Waals surface area contributed by atoms with Crippen LogP contribution in [-0.4, -0.2) is 0 Å². The summed E-state index contributed by atoms with van der Waals surface area (Å²) in [5, 5.41) is 9.59. The second-order valence-corrected chi connectivity index (χ2v) is 9.74. The van der Waals surface area contributed by atoms with Gasteiger partial charge in [-0.25, -0.2) is 0 Å². The summed E-state index contributed by atoms with van der Waals surface area (Å²) in [7, 11) is 0. The molecule has 0 spiro atoms. The highest BCUT2D eigenvalue weighted by molar-refractivity contribution is 5.12. The zero-order valence-corrected chi connectivity index (χ0v) is 14.8. The zero-order valence-electron chi connectivity index (χ0n) is 14.8. The van der Waals surface area contributed by atoms with Gasteiger partial charge in [0.15, 0.2) is 0 Å². The molecule has 0 aromatic rings. The standard InChI is InChI=1S/C21H33N.CH4/c1-14-5-4-11-21(3)17(14)9-7-16-18-8-6-15(13-22)20(18,2)12-10-19(16)21;/h14-19H,4-12H2,1-3H3;1H4. The summed E-state index contributed by atoms with van der Waals surface area (Å²) >= 11 is 0. The monoisotopic (exact) mass is 315 g/mol. The lowest BCUT2D eigenvalue weighted by Gasteiger charge is -2.61. The van der Waals surface area contributed by atoms with Crippen molar-refractivity contribution in [2.75, 3.05) is 0 Å². The zero-order chi connectivity index (χ0) is 15.5. The van der Waals surface area contributed by atoms with Crippen LogP contribution in [0.1, 0.15) is 86.0 Å². The number of rotatable bonds is 0. The van der Waals surface area contributed by atoms with Crippen LogP contribution in [0.4, 0.5) is 0 Å². The highest BCUT2D eigenvalue weighted by Gasteiger charge is 2.60. The molecule has 0 bridgehead atoms. The fourth-order valence-electron chi connectivity index (χ4n) is 8.01. The maximum Gasteiger partial charge on any atom is 0.0661 e. The Kier molecular flexibility index (Phi) is 4.36. The number of hydrogen-bond acceptors (Lipinski definition) is 1. The van der Waals surface area contributed by atoms with Crippen molar-refractivity contribution in [2.24, 2.45) is 46.3 Å². The van der Waals surface area contributed by atoms with Crippen LogP contribution in [0.5, 0.6) is 0 Å². The van der Waals surface area contributed by atoms with Gasteiger partial charge in [0.25, 0.3) is 0 Å². The maximum atomic E-state index is 9.59. The Morgan fingerprint density at radius 2 is 1.52 bits per heavy atom. The number of nitriles is 1. The lowest BCUT2D eigenvalue weighted by molar-refractivity contribution is -0.121. The summed E-state index contributed by atoms with van der Waals surface area (Å²) in [6, 6.07) is 2.67. The van der Waals surface area contributed by atoms with Crippen molar-refractivity contribution >= 4 is 0 Å². The minimum absolute atomic E-state index is 0. The molecule has 0 radical (unpaired) electrons. The van der Waals surface area contributed by atoms with Gasteiger partial charge in [0, 0.05) is 0 Å². The van der Waals surface area contributed by atoms with Gasteiger partial charge in [-0.1, -0.05) is 41.0 Å². The minimum Gasteiger partial charge on any atom is -0.198 e. The van der Waals surface area contributed by atoms with Crippen LogP contribution in [0.15, 0.2) is 0 Å². The number of hydrogen-bond donors (Lipinski definition) is 0. The second-order valence-electron chi connectivity index (χ2n) is 9.74. The van der Waals surface area contributed by atoms with E-state index in [-0.39, 0.29) is 7.43 Å². The normalized spacial score (nSPS) is 54.9. The molecular formula is C22H37N. The molecule has 4 fully saturated rings. The van der Waals surface area contributed by atoms with E-state index in [4.69, 9.17) is 0 Å². The van der Waals surface area contributed by atoms with Gasteiger partial charge < -0.3 is 0 Å². The van der Waals surface area contributed by atoms with Gasteiger partial charge in [-0.2, -0.15) is 5.26 Å². The first-order valence-electron chi connectivity index (χ1n) is 9.90.